The third kappa shape index (κ3) is 9.24. The first-order chi connectivity index (χ1) is 17.6. The number of hydrogen-bond acceptors (Lipinski definition) is 2. The summed E-state index contributed by atoms with van der Waals surface area (Å²) in [7, 11) is -2.34. The second-order valence-corrected chi connectivity index (χ2v) is 20.8. The molecule has 0 aromatic heterocycles. The molecule has 0 aliphatic carbocycles. The van der Waals surface area contributed by atoms with Gasteiger partial charge in [0, 0.05) is 32.1 Å². The summed E-state index contributed by atoms with van der Waals surface area (Å²) in [5, 5.41) is -1.10. The molecular weight excluding hydrogens is 568 g/mol. The first-order valence-electron chi connectivity index (χ1n) is 12.9. The molecule has 2 aromatic carbocycles. The first-order valence-corrected chi connectivity index (χ1v) is 15.5. The van der Waals surface area contributed by atoms with E-state index in [0.717, 1.165) is 12.1 Å². The van der Waals surface area contributed by atoms with Crippen LogP contribution in [0.1, 0.15) is 94.2 Å². The molecule has 10 heteroatoms. The van der Waals surface area contributed by atoms with E-state index in [1.807, 2.05) is 83.1 Å². The summed E-state index contributed by atoms with van der Waals surface area (Å²) >= 11 is 0. The molecule has 2 nitrogen and oxygen atoms in total. The van der Waals surface area contributed by atoms with Gasteiger partial charge in [-0.05, 0) is 23.8 Å². The standard InChI is InChI=1S/C30H41F6O2P2/c1-25(2,3)39(26(4,5)6)37-23-15-20(16-24(18-23)38-40(27(7,8)9)28(10,11)12)19-13-21(29(31,32)33)17-22(14-19)30(34,35)36/h13-17H,1-12H3/q-1. The van der Waals surface area contributed by atoms with E-state index in [-0.39, 0.29) is 49.3 Å². The summed E-state index contributed by atoms with van der Waals surface area (Å²) in [6.45, 7) is 24.4. The summed E-state index contributed by atoms with van der Waals surface area (Å²) in [5.74, 6) is 0.430. The SMILES string of the molecule is CC(C)(C)P(Oc1[c-]c(OP(C(C)(C)C)C(C)(C)C)cc(-c2cc(C(F)(F)F)cc(C(F)(F)F)c2)c1)C(C)(C)C. The third-order valence-corrected chi connectivity index (χ3v) is 11.2. The van der Waals surface area contributed by atoms with Crippen LogP contribution in [0.25, 0.3) is 11.1 Å². The van der Waals surface area contributed by atoms with Crippen LogP contribution in [-0.4, -0.2) is 20.6 Å². The molecule has 0 heterocycles. The van der Waals surface area contributed by atoms with E-state index in [1.54, 1.807) is 0 Å². The Bertz CT molecular complexity index is 1070. The Hall–Kier alpha value is -1.52. The predicted octanol–water partition coefficient (Wildman–Crippen LogP) is 11.9. The highest BCUT2D eigenvalue weighted by atomic mass is 31.1. The zero-order chi connectivity index (χ0) is 31.3. The van der Waals surface area contributed by atoms with Crippen molar-refractivity contribution in [3.8, 4) is 22.6 Å². The number of hydrogen-bond donors (Lipinski definition) is 0. The van der Waals surface area contributed by atoms with Gasteiger partial charge >= 0.3 is 12.4 Å². The van der Waals surface area contributed by atoms with Crippen LogP contribution in [0.2, 0.25) is 0 Å². The van der Waals surface area contributed by atoms with Gasteiger partial charge in [0.05, 0.1) is 27.4 Å². The van der Waals surface area contributed by atoms with Crippen LogP contribution in [0.4, 0.5) is 26.3 Å². The molecule has 0 aliphatic heterocycles. The van der Waals surface area contributed by atoms with Crippen LogP contribution < -0.4 is 9.05 Å². The topological polar surface area (TPSA) is 18.5 Å². The molecule has 0 aliphatic rings. The van der Waals surface area contributed by atoms with Gasteiger partial charge in [-0.2, -0.15) is 26.3 Å². The van der Waals surface area contributed by atoms with Crippen LogP contribution in [-0.2, 0) is 12.4 Å². The highest BCUT2D eigenvalue weighted by Crippen LogP contribution is 2.62. The lowest BCUT2D eigenvalue weighted by atomic mass is 9.98. The van der Waals surface area contributed by atoms with Gasteiger partial charge in [-0.3, -0.25) is 0 Å². The van der Waals surface area contributed by atoms with Crippen molar-refractivity contribution in [1.82, 2.24) is 0 Å². The molecule has 0 bridgehead atoms. The summed E-state index contributed by atoms with van der Waals surface area (Å²) in [4.78, 5) is 0. The van der Waals surface area contributed by atoms with Gasteiger partial charge in [0.25, 0.3) is 0 Å². The predicted molar refractivity (Wildman–Crippen MR) is 155 cm³/mol. The monoisotopic (exact) mass is 609 g/mol. The van der Waals surface area contributed by atoms with Crippen LogP contribution in [0.3, 0.4) is 0 Å². The van der Waals surface area contributed by atoms with Crippen molar-refractivity contribution >= 4 is 16.3 Å². The fourth-order valence-electron chi connectivity index (χ4n) is 4.66. The summed E-state index contributed by atoms with van der Waals surface area (Å²) in [5.41, 5.74) is -2.88. The Morgan fingerprint density at radius 2 is 0.750 bits per heavy atom. The minimum atomic E-state index is -4.96. The number of alkyl halides is 6. The van der Waals surface area contributed by atoms with Crippen LogP contribution in [0.15, 0.2) is 30.3 Å². The molecule has 226 valence electrons. The van der Waals surface area contributed by atoms with Gasteiger partial charge in [-0.15, -0.1) is 17.7 Å². The number of benzene rings is 2. The third-order valence-electron chi connectivity index (χ3n) is 5.56. The van der Waals surface area contributed by atoms with Gasteiger partial charge < -0.3 is 9.05 Å². The molecule has 0 atom stereocenters. The Morgan fingerprint density at radius 1 is 0.475 bits per heavy atom. The van der Waals surface area contributed by atoms with Crippen molar-refractivity contribution in [3.63, 3.8) is 0 Å². The fourth-order valence-corrected chi connectivity index (χ4v) is 10.4. The highest BCUT2D eigenvalue weighted by Gasteiger charge is 2.39. The van der Waals surface area contributed by atoms with Crippen LogP contribution in [0, 0.1) is 6.07 Å². The molecule has 0 amide bonds. The van der Waals surface area contributed by atoms with E-state index in [2.05, 4.69) is 6.07 Å². The van der Waals surface area contributed by atoms with Crippen molar-refractivity contribution < 1.29 is 35.4 Å². The largest absolute Gasteiger partial charge is 0.499 e. The maximum atomic E-state index is 13.7. The molecule has 0 radical (unpaired) electrons. The van der Waals surface area contributed by atoms with Crippen LogP contribution in [0.5, 0.6) is 11.5 Å². The minimum Gasteiger partial charge on any atom is -0.499 e. The Labute approximate surface area is 237 Å². The van der Waals surface area contributed by atoms with Crippen molar-refractivity contribution in [1.29, 1.82) is 0 Å². The van der Waals surface area contributed by atoms with Crippen LogP contribution >= 0.6 is 16.3 Å². The zero-order valence-corrected chi connectivity index (χ0v) is 27.2. The zero-order valence-electron chi connectivity index (χ0n) is 25.4. The maximum Gasteiger partial charge on any atom is 0.416 e. The van der Waals surface area contributed by atoms with E-state index in [1.165, 1.54) is 12.1 Å². The molecule has 2 aromatic rings. The average Bonchev–Trinajstić information content (AvgIpc) is 2.71. The highest BCUT2D eigenvalue weighted by molar-refractivity contribution is 7.56. The summed E-state index contributed by atoms with van der Waals surface area (Å²) < 4.78 is 94.9. The van der Waals surface area contributed by atoms with Gasteiger partial charge in [-0.1, -0.05) is 89.2 Å². The van der Waals surface area contributed by atoms with Crippen molar-refractivity contribution in [3.05, 3.63) is 47.5 Å². The van der Waals surface area contributed by atoms with E-state index < -0.39 is 39.8 Å². The van der Waals surface area contributed by atoms with Crippen molar-refractivity contribution in [2.24, 2.45) is 0 Å². The van der Waals surface area contributed by atoms with E-state index >= 15 is 0 Å². The smallest absolute Gasteiger partial charge is 0.416 e. The first kappa shape index (κ1) is 34.7. The number of rotatable bonds is 5. The Morgan fingerprint density at radius 3 is 1.00 bits per heavy atom. The summed E-state index contributed by atoms with van der Waals surface area (Å²) in [6.07, 6.45) is -9.93. The Balaban J connectivity index is 2.85. The lowest BCUT2D eigenvalue weighted by molar-refractivity contribution is -0.143. The van der Waals surface area contributed by atoms with Gasteiger partial charge in [0.15, 0.2) is 0 Å². The van der Waals surface area contributed by atoms with Gasteiger partial charge in [0.1, 0.15) is 0 Å². The second-order valence-electron chi connectivity index (χ2n) is 13.8. The lowest BCUT2D eigenvalue weighted by Crippen LogP contribution is -2.28. The lowest BCUT2D eigenvalue weighted by Gasteiger charge is -2.42. The molecule has 0 spiro atoms. The molecular formula is C30H41F6O2P2-. The fraction of sp³-hybridized carbons (Fsp3) is 0.600. The van der Waals surface area contributed by atoms with E-state index in [0.29, 0.717) is 0 Å². The van der Waals surface area contributed by atoms with E-state index in [4.69, 9.17) is 9.05 Å². The maximum absolute atomic E-state index is 13.7. The number of halogens is 6. The summed E-state index contributed by atoms with van der Waals surface area (Å²) in [6, 6.07) is 7.62. The average molecular weight is 610 g/mol. The minimum absolute atomic E-state index is 0.121. The molecule has 0 unspecified atom stereocenters. The normalized spacial score (nSPS) is 14.2. The molecule has 0 saturated carbocycles. The second kappa shape index (κ2) is 11.3. The van der Waals surface area contributed by atoms with Crippen molar-refractivity contribution in [2.75, 3.05) is 0 Å². The molecule has 0 fully saturated rings. The van der Waals surface area contributed by atoms with Gasteiger partial charge in [-0.25, -0.2) is 0 Å². The Kier molecular flexibility index (Phi) is 9.78. The van der Waals surface area contributed by atoms with E-state index in [9.17, 15) is 26.3 Å². The molecule has 2 rings (SSSR count). The molecule has 40 heavy (non-hydrogen) atoms. The molecule has 0 saturated heterocycles. The molecule has 0 N–H and O–H groups in total. The van der Waals surface area contributed by atoms with Crippen molar-refractivity contribution in [2.45, 2.75) is 116 Å². The quantitative estimate of drug-likeness (QED) is 0.191. The van der Waals surface area contributed by atoms with Gasteiger partial charge in [0.2, 0.25) is 0 Å².